The molecule has 0 heterocycles. The number of rotatable bonds is 2. The van der Waals surface area contributed by atoms with Crippen molar-refractivity contribution in [2.45, 2.75) is 0 Å². The van der Waals surface area contributed by atoms with Gasteiger partial charge in [-0.2, -0.15) is 0 Å². The second kappa shape index (κ2) is 3.56. The molecule has 0 aromatic carbocycles. The molecule has 6 heavy (non-hydrogen) atoms. The van der Waals surface area contributed by atoms with Gasteiger partial charge >= 0.3 is 7.15 Å². The van der Waals surface area contributed by atoms with Crippen molar-refractivity contribution in [3.05, 3.63) is 0 Å². The van der Waals surface area contributed by atoms with E-state index in [1.807, 2.05) is 5.25 Å². The molecule has 0 aromatic rings. The molecule has 0 bridgehead atoms. The van der Waals surface area contributed by atoms with Crippen LogP contribution in [0.5, 0.6) is 0 Å². The van der Waals surface area contributed by atoms with Gasteiger partial charge in [-0.25, -0.2) is 0 Å². The van der Waals surface area contributed by atoms with Crippen LogP contribution in [0.3, 0.4) is 0 Å². The van der Waals surface area contributed by atoms with Crippen molar-refractivity contribution in [3.63, 3.8) is 0 Å². The van der Waals surface area contributed by atoms with Crippen LogP contribution in [0.2, 0.25) is 0 Å². The molecule has 0 rings (SSSR count). The van der Waals surface area contributed by atoms with Gasteiger partial charge in [-0.1, -0.05) is 4.57 Å². The lowest BCUT2D eigenvalue weighted by atomic mass is 11.7. The van der Waals surface area contributed by atoms with Crippen LogP contribution in [0, 0.1) is 0 Å². The Labute approximate surface area is 42.0 Å². The molecule has 36 valence electrons. The Morgan fingerprint density at radius 3 is 2.50 bits per heavy atom. The molecule has 0 aromatic heterocycles. The lowest BCUT2D eigenvalue weighted by Gasteiger charge is -1.83. The maximum atomic E-state index is 9.77. The second-order valence-corrected chi connectivity index (χ2v) is 2.24. The van der Waals surface area contributed by atoms with Gasteiger partial charge < -0.3 is 12.2 Å². The third-order valence-electron chi connectivity index (χ3n) is 0.166. The summed E-state index contributed by atoms with van der Waals surface area (Å²) in [6.45, 7) is 0. The maximum Gasteiger partial charge on any atom is 0.323 e. The summed E-state index contributed by atoms with van der Waals surface area (Å²) >= 11 is 4.15. The monoisotopic (exact) mass is 125 g/mol. The third kappa shape index (κ3) is 4.37. The SMILES string of the molecule is CON[P+](=O)[S-]. The fourth-order valence-electron chi connectivity index (χ4n) is 0.0745. The maximum absolute atomic E-state index is 9.77. The highest BCUT2D eigenvalue weighted by Crippen LogP contribution is 2.05. The van der Waals surface area contributed by atoms with E-state index in [4.69, 9.17) is 0 Å². The smallest absolute Gasteiger partial charge is 0.323 e. The Kier molecular flexibility index (Phi) is 3.78. The van der Waals surface area contributed by atoms with E-state index in [0.29, 0.717) is 0 Å². The minimum atomic E-state index is -1.74. The molecular formula is CH4NO2PS. The van der Waals surface area contributed by atoms with E-state index in [0.717, 1.165) is 0 Å². The van der Waals surface area contributed by atoms with Crippen LogP contribution in [0.25, 0.3) is 0 Å². The molecule has 0 amide bonds. The normalized spacial score (nSPS) is 11.3. The van der Waals surface area contributed by atoms with Gasteiger partial charge in [0.25, 0.3) is 0 Å². The van der Waals surface area contributed by atoms with Crippen LogP contribution in [0.15, 0.2) is 0 Å². The molecule has 1 unspecified atom stereocenters. The van der Waals surface area contributed by atoms with Crippen molar-refractivity contribution < 1.29 is 9.40 Å². The van der Waals surface area contributed by atoms with Gasteiger partial charge in [0.2, 0.25) is 0 Å². The summed E-state index contributed by atoms with van der Waals surface area (Å²) in [5.41, 5.74) is 0. The predicted molar refractivity (Wildman–Crippen MR) is 25.1 cm³/mol. The number of hydrogen-bond acceptors (Lipinski definition) is 3. The molecule has 0 spiro atoms. The Bertz CT molecular complexity index is 57.5. The molecule has 0 saturated carbocycles. The predicted octanol–water partition coefficient (Wildman–Crippen LogP) is 0.342. The summed E-state index contributed by atoms with van der Waals surface area (Å²) in [6, 6.07) is 0. The zero-order valence-electron chi connectivity index (χ0n) is 3.17. The zero-order chi connectivity index (χ0) is 4.99. The Hall–Kier alpha value is 0.370. The number of nitrogens with one attached hydrogen (secondary N) is 1. The largest absolute Gasteiger partial charge is 0.421 e. The summed E-state index contributed by atoms with van der Waals surface area (Å²) in [5.74, 6) is 0. The van der Waals surface area contributed by atoms with E-state index in [1.165, 1.54) is 7.11 Å². The molecule has 0 aliphatic rings. The van der Waals surface area contributed by atoms with Crippen LogP contribution in [-0.4, -0.2) is 7.11 Å². The third-order valence-corrected chi connectivity index (χ3v) is 0.721. The highest BCUT2D eigenvalue weighted by Gasteiger charge is 1.85. The quantitative estimate of drug-likeness (QED) is 0.328. The molecule has 0 radical (unpaired) electrons. The van der Waals surface area contributed by atoms with Crippen molar-refractivity contribution in [1.29, 1.82) is 0 Å². The van der Waals surface area contributed by atoms with Gasteiger partial charge in [0, 0.05) is 0 Å². The average molecular weight is 125 g/mol. The number of hydrogen-bond donors (Lipinski definition) is 1. The molecule has 0 aliphatic heterocycles. The molecule has 0 fully saturated rings. The van der Waals surface area contributed by atoms with Crippen LogP contribution < -0.4 is 5.25 Å². The molecule has 1 atom stereocenters. The standard InChI is InChI=1S/CH4NO2PS/c1-4-2-5(3)6/h1H3,(H,2,3,6). The van der Waals surface area contributed by atoms with Gasteiger partial charge in [-0.3, -0.25) is 4.84 Å². The van der Waals surface area contributed by atoms with Gasteiger partial charge in [-0.15, -0.1) is 0 Å². The van der Waals surface area contributed by atoms with E-state index >= 15 is 0 Å². The van der Waals surface area contributed by atoms with Crippen molar-refractivity contribution in [3.8, 4) is 0 Å². The zero-order valence-corrected chi connectivity index (χ0v) is 4.88. The molecule has 0 saturated heterocycles. The van der Waals surface area contributed by atoms with Crippen LogP contribution in [-0.2, 0) is 21.7 Å². The molecule has 1 N–H and O–H groups in total. The van der Waals surface area contributed by atoms with Gasteiger partial charge in [0.05, 0.1) is 7.11 Å². The van der Waals surface area contributed by atoms with Crippen LogP contribution in [0.1, 0.15) is 0 Å². The second-order valence-electron chi connectivity index (χ2n) is 0.553. The lowest BCUT2D eigenvalue weighted by Crippen LogP contribution is -1.96. The van der Waals surface area contributed by atoms with Gasteiger partial charge in [0.1, 0.15) is 0 Å². The first kappa shape index (κ1) is 6.37. The van der Waals surface area contributed by atoms with Crippen LogP contribution in [0.4, 0.5) is 0 Å². The van der Waals surface area contributed by atoms with E-state index in [-0.39, 0.29) is 0 Å². The van der Waals surface area contributed by atoms with Crippen molar-refractivity contribution in [1.82, 2.24) is 5.25 Å². The first-order chi connectivity index (χ1) is 2.77. The summed E-state index contributed by atoms with van der Waals surface area (Å²) < 4.78 is 9.77. The van der Waals surface area contributed by atoms with Crippen molar-refractivity contribution >= 4 is 19.4 Å². The highest BCUT2D eigenvalue weighted by molar-refractivity contribution is 8.27. The summed E-state index contributed by atoms with van der Waals surface area (Å²) in [5, 5.41) is 2.03. The fourth-order valence-corrected chi connectivity index (χ4v) is 0.447. The lowest BCUT2D eigenvalue weighted by molar-refractivity contribution is 0.157. The fraction of sp³-hybridized carbons (Fsp3) is 1.00. The molecule has 0 aliphatic carbocycles. The highest BCUT2D eigenvalue weighted by atomic mass is 32.7. The first-order valence-corrected chi connectivity index (χ1v) is 3.47. The molecule has 3 nitrogen and oxygen atoms in total. The van der Waals surface area contributed by atoms with Gasteiger partial charge in [-0.05, 0) is 5.25 Å². The Balaban J connectivity index is 2.83. The first-order valence-electron chi connectivity index (χ1n) is 1.20. The average Bonchev–Trinajstić information content (AvgIpc) is 1.35. The Morgan fingerprint density at radius 1 is 2.00 bits per heavy atom. The van der Waals surface area contributed by atoms with E-state index in [9.17, 15) is 4.57 Å². The summed E-state index contributed by atoms with van der Waals surface area (Å²) in [4.78, 5) is 4.17. The van der Waals surface area contributed by atoms with Crippen LogP contribution >= 0.6 is 7.15 Å². The topological polar surface area (TPSA) is 38.3 Å². The summed E-state index contributed by atoms with van der Waals surface area (Å²) in [6.07, 6.45) is 0. The van der Waals surface area contributed by atoms with E-state index in [1.54, 1.807) is 0 Å². The minimum Gasteiger partial charge on any atom is -0.421 e. The van der Waals surface area contributed by atoms with E-state index in [2.05, 4.69) is 17.1 Å². The van der Waals surface area contributed by atoms with Gasteiger partial charge in [0.15, 0.2) is 0 Å². The minimum absolute atomic E-state index is 1.36. The van der Waals surface area contributed by atoms with Crippen molar-refractivity contribution in [2.75, 3.05) is 7.11 Å². The van der Waals surface area contributed by atoms with Crippen molar-refractivity contribution in [2.24, 2.45) is 0 Å². The summed E-state index contributed by atoms with van der Waals surface area (Å²) in [7, 11) is -0.379. The Morgan fingerprint density at radius 2 is 2.50 bits per heavy atom. The molecule has 5 heteroatoms. The molecular weight excluding hydrogens is 121 g/mol. The van der Waals surface area contributed by atoms with E-state index < -0.39 is 7.15 Å².